The zero-order valence-electron chi connectivity index (χ0n) is 15.7. The number of nitrogens with one attached hydrogen (secondary N) is 1. The molecule has 0 radical (unpaired) electrons. The van der Waals surface area contributed by atoms with Gasteiger partial charge in [0, 0.05) is 35.2 Å². The Kier molecular flexibility index (Phi) is 5.01. The van der Waals surface area contributed by atoms with E-state index in [9.17, 15) is 9.18 Å². The van der Waals surface area contributed by atoms with Gasteiger partial charge in [0.15, 0.2) is 0 Å². The third-order valence-electron chi connectivity index (χ3n) is 5.52. The number of benzene rings is 3. The van der Waals surface area contributed by atoms with Gasteiger partial charge in [-0.15, -0.1) is 0 Å². The van der Waals surface area contributed by atoms with E-state index < -0.39 is 5.41 Å². The SMILES string of the molecule is COc1ccc(NC(=O)C2(c3ccccc3F)CCOCC2)c2ccccc12. The van der Waals surface area contributed by atoms with Crippen LogP contribution in [-0.4, -0.2) is 26.2 Å². The number of fused-ring (bicyclic) bond motifs is 1. The number of ether oxygens (including phenoxy) is 2. The van der Waals surface area contributed by atoms with Crippen LogP contribution in [0.4, 0.5) is 10.1 Å². The number of rotatable bonds is 4. The van der Waals surface area contributed by atoms with Crippen LogP contribution in [0.5, 0.6) is 5.75 Å². The molecule has 4 rings (SSSR count). The Bertz CT molecular complexity index is 1010. The Morgan fingerprint density at radius 1 is 1.00 bits per heavy atom. The van der Waals surface area contributed by atoms with Gasteiger partial charge >= 0.3 is 0 Å². The molecule has 0 unspecified atom stereocenters. The van der Waals surface area contributed by atoms with E-state index in [1.807, 2.05) is 36.4 Å². The highest BCUT2D eigenvalue weighted by atomic mass is 19.1. The van der Waals surface area contributed by atoms with E-state index in [0.717, 1.165) is 16.5 Å². The van der Waals surface area contributed by atoms with Crippen LogP contribution in [0.3, 0.4) is 0 Å². The van der Waals surface area contributed by atoms with Gasteiger partial charge in [-0.3, -0.25) is 4.79 Å². The molecule has 3 aromatic carbocycles. The summed E-state index contributed by atoms with van der Waals surface area (Å²) >= 11 is 0. The summed E-state index contributed by atoms with van der Waals surface area (Å²) in [7, 11) is 1.62. The molecule has 1 N–H and O–H groups in total. The normalized spacial score (nSPS) is 15.9. The summed E-state index contributed by atoms with van der Waals surface area (Å²) in [5.74, 6) is 0.166. The second kappa shape index (κ2) is 7.60. The lowest BCUT2D eigenvalue weighted by molar-refractivity contribution is -0.125. The van der Waals surface area contributed by atoms with Crippen LogP contribution in [0, 0.1) is 5.82 Å². The Balaban J connectivity index is 1.76. The number of carbonyl (C=O) groups excluding carboxylic acids is 1. The molecular weight excluding hydrogens is 357 g/mol. The zero-order chi connectivity index (χ0) is 19.6. The Morgan fingerprint density at radius 3 is 2.39 bits per heavy atom. The second-order valence-electron chi connectivity index (χ2n) is 6.99. The fraction of sp³-hybridized carbons (Fsp3) is 0.261. The highest BCUT2D eigenvalue weighted by Crippen LogP contribution is 2.39. The fourth-order valence-electron chi connectivity index (χ4n) is 3.99. The van der Waals surface area contributed by atoms with Crippen molar-refractivity contribution in [2.45, 2.75) is 18.3 Å². The van der Waals surface area contributed by atoms with Crippen molar-refractivity contribution in [3.63, 3.8) is 0 Å². The van der Waals surface area contributed by atoms with Gasteiger partial charge in [-0.2, -0.15) is 0 Å². The largest absolute Gasteiger partial charge is 0.496 e. The van der Waals surface area contributed by atoms with Crippen molar-refractivity contribution in [2.75, 3.05) is 25.6 Å². The van der Waals surface area contributed by atoms with Crippen molar-refractivity contribution < 1.29 is 18.7 Å². The quantitative estimate of drug-likeness (QED) is 0.716. The molecule has 4 nitrogen and oxygen atoms in total. The molecule has 1 saturated heterocycles. The summed E-state index contributed by atoms with van der Waals surface area (Å²) < 4.78 is 25.5. The average molecular weight is 379 g/mol. The van der Waals surface area contributed by atoms with Crippen molar-refractivity contribution in [3.05, 3.63) is 72.0 Å². The number of hydrogen-bond donors (Lipinski definition) is 1. The minimum atomic E-state index is -0.954. The van der Waals surface area contributed by atoms with Crippen LogP contribution in [0.25, 0.3) is 10.8 Å². The van der Waals surface area contributed by atoms with Gasteiger partial charge in [0.2, 0.25) is 5.91 Å². The average Bonchev–Trinajstić information content (AvgIpc) is 2.74. The molecule has 144 valence electrons. The lowest BCUT2D eigenvalue weighted by Crippen LogP contribution is -2.45. The molecule has 0 saturated carbocycles. The molecule has 1 aliphatic rings. The molecule has 1 aliphatic heterocycles. The highest BCUT2D eigenvalue weighted by Gasteiger charge is 2.43. The van der Waals surface area contributed by atoms with E-state index in [1.54, 1.807) is 25.3 Å². The minimum Gasteiger partial charge on any atom is -0.496 e. The van der Waals surface area contributed by atoms with Gasteiger partial charge in [0.05, 0.1) is 12.5 Å². The first-order valence-corrected chi connectivity index (χ1v) is 9.36. The topological polar surface area (TPSA) is 47.6 Å². The molecule has 28 heavy (non-hydrogen) atoms. The van der Waals surface area contributed by atoms with Gasteiger partial charge in [0.25, 0.3) is 0 Å². The maximum absolute atomic E-state index is 14.6. The van der Waals surface area contributed by atoms with Gasteiger partial charge in [-0.25, -0.2) is 4.39 Å². The summed E-state index contributed by atoms with van der Waals surface area (Å²) in [5, 5.41) is 4.85. The van der Waals surface area contributed by atoms with Crippen molar-refractivity contribution >= 4 is 22.4 Å². The van der Waals surface area contributed by atoms with E-state index in [0.29, 0.717) is 37.3 Å². The number of carbonyl (C=O) groups is 1. The van der Waals surface area contributed by atoms with Crippen molar-refractivity contribution in [1.29, 1.82) is 0 Å². The highest BCUT2D eigenvalue weighted by molar-refractivity contribution is 6.07. The predicted octanol–water partition coefficient (Wildman–Crippen LogP) is 4.67. The van der Waals surface area contributed by atoms with Gasteiger partial charge in [0.1, 0.15) is 11.6 Å². The maximum atomic E-state index is 14.6. The van der Waals surface area contributed by atoms with Crippen LogP contribution < -0.4 is 10.1 Å². The number of methoxy groups -OCH3 is 1. The van der Waals surface area contributed by atoms with Crippen molar-refractivity contribution in [3.8, 4) is 5.75 Å². The first-order chi connectivity index (χ1) is 13.7. The Morgan fingerprint density at radius 2 is 1.68 bits per heavy atom. The molecule has 5 heteroatoms. The summed E-state index contributed by atoms with van der Waals surface area (Å²) in [6.45, 7) is 0.843. The van der Waals surface area contributed by atoms with E-state index >= 15 is 0 Å². The van der Waals surface area contributed by atoms with Crippen molar-refractivity contribution in [2.24, 2.45) is 0 Å². The molecule has 0 bridgehead atoms. The minimum absolute atomic E-state index is 0.212. The van der Waals surface area contributed by atoms with Crippen LogP contribution in [0.2, 0.25) is 0 Å². The fourth-order valence-corrected chi connectivity index (χ4v) is 3.99. The summed E-state index contributed by atoms with van der Waals surface area (Å²) in [6, 6.07) is 17.9. The van der Waals surface area contributed by atoms with Gasteiger partial charge in [-0.1, -0.05) is 42.5 Å². The predicted molar refractivity (Wildman–Crippen MR) is 107 cm³/mol. The number of hydrogen-bond acceptors (Lipinski definition) is 3. The first kappa shape index (κ1) is 18.4. The number of anilines is 1. The Labute approximate surface area is 163 Å². The third kappa shape index (κ3) is 3.12. The summed E-state index contributed by atoms with van der Waals surface area (Å²) in [5.41, 5.74) is 0.155. The molecule has 0 aromatic heterocycles. The molecule has 0 spiro atoms. The standard InChI is InChI=1S/C23H22FNO3/c1-27-21-11-10-20(16-6-2-3-7-17(16)21)25-22(26)23(12-14-28-15-13-23)18-8-4-5-9-19(18)24/h2-11H,12-15H2,1H3,(H,25,26). The zero-order valence-corrected chi connectivity index (χ0v) is 15.7. The Hall–Kier alpha value is -2.92. The number of amides is 1. The molecule has 0 atom stereocenters. The molecule has 3 aromatic rings. The van der Waals surface area contributed by atoms with E-state index in [-0.39, 0.29) is 11.7 Å². The summed E-state index contributed by atoms with van der Waals surface area (Å²) in [4.78, 5) is 13.5. The van der Waals surface area contributed by atoms with Gasteiger partial charge in [-0.05, 0) is 31.0 Å². The molecule has 0 aliphatic carbocycles. The monoisotopic (exact) mass is 379 g/mol. The lowest BCUT2D eigenvalue weighted by atomic mass is 9.73. The van der Waals surface area contributed by atoms with Crippen LogP contribution in [0.1, 0.15) is 18.4 Å². The molecular formula is C23H22FNO3. The first-order valence-electron chi connectivity index (χ1n) is 9.36. The van der Waals surface area contributed by atoms with Crippen LogP contribution >= 0.6 is 0 Å². The third-order valence-corrected chi connectivity index (χ3v) is 5.52. The lowest BCUT2D eigenvalue weighted by Gasteiger charge is -2.36. The number of halogens is 1. The molecule has 1 amide bonds. The second-order valence-corrected chi connectivity index (χ2v) is 6.99. The summed E-state index contributed by atoms with van der Waals surface area (Å²) in [6.07, 6.45) is 0.877. The molecule has 1 fully saturated rings. The van der Waals surface area contributed by atoms with Crippen molar-refractivity contribution in [1.82, 2.24) is 0 Å². The maximum Gasteiger partial charge on any atom is 0.235 e. The molecule has 1 heterocycles. The van der Waals surface area contributed by atoms with E-state index in [1.165, 1.54) is 6.07 Å². The van der Waals surface area contributed by atoms with E-state index in [4.69, 9.17) is 9.47 Å². The smallest absolute Gasteiger partial charge is 0.235 e. The van der Waals surface area contributed by atoms with E-state index in [2.05, 4.69) is 5.32 Å². The van der Waals surface area contributed by atoms with Crippen LogP contribution in [-0.2, 0) is 14.9 Å². The van der Waals surface area contributed by atoms with Gasteiger partial charge < -0.3 is 14.8 Å². The van der Waals surface area contributed by atoms with Crippen LogP contribution in [0.15, 0.2) is 60.7 Å².